The van der Waals surface area contributed by atoms with Crippen LogP contribution >= 0.6 is 0 Å². The Bertz CT molecular complexity index is 546. The Balaban J connectivity index is 0.000000347. The molecule has 0 amide bonds. The zero-order chi connectivity index (χ0) is 14.3. The first-order valence-electron chi connectivity index (χ1n) is 5.92. The summed E-state index contributed by atoms with van der Waals surface area (Å²) in [4.78, 5) is 0. The maximum Gasteiger partial charge on any atom is 1.00 e. The predicted molar refractivity (Wildman–Crippen MR) is 74.4 cm³/mol. The van der Waals surface area contributed by atoms with Gasteiger partial charge >= 0.3 is 29.6 Å². The first kappa shape index (κ1) is 19.6. The molecule has 0 aliphatic heterocycles. The largest absolute Gasteiger partial charge is 1.00 e. The molecule has 0 fully saturated rings. The van der Waals surface area contributed by atoms with Crippen molar-refractivity contribution in [2.75, 3.05) is 6.61 Å². The molecule has 0 spiro atoms. The van der Waals surface area contributed by atoms with Crippen molar-refractivity contribution in [1.29, 1.82) is 0 Å². The number of benzene rings is 2. The van der Waals surface area contributed by atoms with E-state index in [0.717, 1.165) is 0 Å². The summed E-state index contributed by atoms with van der Waals surface area (Å²) >= 11 is 0. The van der Waals surface area contributed by atoms with Crippen molar-refractivity contribution in [3.8, 4) is 0 Å². The minimum atomic E-state index is -4.47. The van der Waals surface area contributed by atoms with E-state index in [9.17, 15) is 13.0 Å². The summed E-state index contributed by atoms with van der Waals surface area (Å²) in [5.74, 6) is 0.0636. The van der Waals surface area contributed by atoms with Gasteiger partial charge in [-0.1, -0.05) is 62.4 Å². The number of fused-ring (bicyclic) bond motifs is 1. The average molecular weight is 304 g/mol. The standard InChI is InChI=1S/C10H8.C4H10O4S.Na/c1-2-6-10-8-4-3-7-9(10)5-1;1-4(2)3-8-9(5,6)7;/h1-8H;4H,3H2,1-2H3,(H,5,6,7);/q;;+1/p-1. The van der Waals surface area contributed by atoms with Gasteiger partial charge in [0.05, 0.1) is 6.61 Å². The van der Waals surface area contributed by atoms with E-state index >= 15 is 0 Å². The van der Waals surface area contributed by atoms with Gasteiger partial charge in [0.15, 0.2) is 0 Å². The van der Waals surface area contributed by atoms with E-state index in [0.29, 0.717) is 0 Å². The van der Waals surface area contributed by atoms with Gasteiger partial charge in [0, 0.05) is 0 Å². The molecule has 0 aliphatic rings. The second kappa shape index (κ2) is 9.50. The smallest absolute Gasteiger partial charge is 0.726 e. The number of hydrogen-bond acceptors (Lipinski definition) is 4. The average Bonchev–Trinajstić information content (AvgIpc) is 2.37. The zero-order valence-corrected chi connectivity index (χ0v) is 14.8. The normalized spacial score (nSPS) is 10.6. The fourth-order valence-electron chi connectivity index (χ4n) is 1.35. The van der Waals surface area contributed by atoms with Gasteiger partial charge in [-0.2, -0.15) is 0 Å². The molecular weight excluding hydrogens is 287 g/mol. The van der Waals surface area contributed by atoms with Crippen molar-refractivity contribution in [3.63, 3.8) is 0 Å². The zero-order valence-electron chi connectivity index (χ0n) is 11.9. The van der Waals surface area contributed by atoms with Gasteiger partial charge in [0.25, 0.3) is 0 Å². The van der Waals surface area contributed by atoms with Crippen molar-refractivity contribution >= 4 is 21.2 Å². The van der Waals surface area contributed by atoms with E-state index < -0.39 is 10.4 Å². The van der Waals surface area contributed by atoms with Crippen LogP contribution in [0.1, 0.15) is 13.8 Å². The van der Waals surface area contributed by atoms with Crippen molar-refractivity contribution in [2.24, 2.45) is 5.92 Å². The quantitative estimate of drug-likeness (QED) is 0.453. The van der Waals surface area contributed by atoms with Gasteiger partial charge in [-0.25, -0.2) is 8.42 Å². The molecule has 0 unspecified atom stereocenters. The Labute approximate surface area is 142 Å². The molecule has 2 rings (SSSR count). The third-order valence-electron chi connectivity index (χ3n) is 2.20. The van der Waals surface area contributed by atoms with E-state index in [-0.39, 0.29) is 42.1 Å². The third kappa shape index (κ3) is 8.68. The van der Waals surface area contributed by atoms with Crippen LogP contribution in [-0.2, 0) is 14.6 Å². The molecule has 2 aromatic rings. The van der Waals surface area contributed by atoms with Crippen LogP contribution < -0.4 is 29.6 Å². The SMILES string of the molecule is CC(C)COS(=O)(=O)[O-].[Na+].c1ccc2ccccc2c1. The summed E-state index contributed by atoms with van der Waals surface area (Å²) in [6.45, 7) is 3.47. The molecule has 0 bridgehead atoms. The van der Waals surface area contributed by atoms with Crippen LogP contribution in [0.15, 0.2) is 48.5 Å². The Morgan fingerprint density at radius 1 is 1.00 bits per heavy atom. The maximum atomic E-state index is 9.76. The number of hydrogen-bond donors (Lipinski definition) is 0. The van der Waals surface area contributed by atoms with Crippen LogP contribution in [0.25, 0.3) is 10.8 Å². The molecular formula is C14H17NaO4S. The monoisotopic (exact) mass is 304 g/mol. The summed E-state index contributed by atoms with van der Waals surface area (Å²) in [5, 5.41) is 2.62. The maximum absolute atomic E-state index is 9.76. The van der Waals surface area contributed by atoms with Crippen molar-refractivity contribution in [1.82, 2.24) is 0 Å². The predicted octanol–water partition coefficient (Wildman–Crippen LogP) is -0.0370. The fraction of sp³-hybridized carbons (Fsp3) is 0.286. The molecule has 2 aromatic carbocycles. The van der Waals surface area contributed by atoms with Gasteiger partial charge in [-0.3, -0.25) is 4.18 Å². The van der Waals surface area contributed by atoms with Crippen molar-refractivity contribution in [2.45, 2.75) is 13.8 Å². The van der Waals surface area contributed by atoms with Crippen LogP contribution in [0.4, 0.5) is 0 Å². The molecule has 0 aromatic heterocycles. The Hall–Kier alpha value is -0.430. The first-order valence-corrected chi connectivity index (χ1v) is 7.26. The molecule has 0 N–H and O–H groups in total. The molecule has 0 radical (unpaired) electrons. The minimum Gasteiger partial charge on any atom is -0.726 e. The van der Waals surface area contributed by atoms with Gasteiger partial charge in [-0.15, -0.1) is 0 Å². The van der Waals surface area contributed by atoms with Crippen LogP contribution in [0.5, 0.6) is 0 Å². The van der Waals surface area contributed by atoms with Crippen LogP contribution in [0.3, 0.4) is 0 Å². The summed E-state index contributed by atoms with van der Waals surface area (Å²) in [7, 11) is -4.47. The third-order valence-corrected chi connectivity index (χ3v) is 2.63. The van der Waals surface area contributed by atoms with Crippen molar-refractivity contribution in [3.05, 3.63) is 48.5 Å². The summed E-state index contributed by atoms with van der Waals surface area (Å²) in [5.41, 5.74) is 0. The van der Waals surface area contributed by atoms with Gasteiger partial charge in [-0.05, 0) is 16.7 Å². The summed E-state index contributed by atoms with van der Waals surface area (Å²) in [6.07, 6.45) is 0. The first-order chi connectivity index (χ1) is 8.88. The fourth-order valence-corrected chi connectivity index (χ4v) is 1.79. The molecule has 20 heavy (non-hydrogen) atoms. The summed E-state index contributed by atoms with van der Waals surface area (Å²) < 4.78 is 33.2. The molecule has 0 saturated carbocycles. The van der Waals surface area contributed by atoms with Gasteiger partial charge < -0.3 is 4.55 Å². The van der Waals surface area contributed by atoms with E-state index in [1.165, 1.54) is 10.8 Å². The second-order valence-electron chi connectivity index (χ2n) is 4.43. The minimum absolute atomic E-state index is 0. The molecule has 104 valence electrons. The number of rotatable bonds is 3. The molecule has 0 atom stereocenters. The Morgan fingerprint density at radius 3 is 1.55 bits per heavy atom. The van der Waals surface area contributed by atoms with E-state index in [2.05, 4.69) is 52.7 Å². The molecule has 0 aliphatic carbocycles. The molecule has 0 saturated heterocycles. The van der Waals surface area contributed by atoms with E-state index in [1.54, 1.807) is 13.8 Å². The Kier molecular flexibility index (Phi) is 9.29. The molecule has 4 nitrogen and oxygen atoms in total. The van der Waals surface area contributed by atoms with Crippen LogP contribution in [0, 0.1) is 5.92 Å². The van der Waals surface area contributed by atoms with E-state index in [1.807, 2.05) is 0 Å². The topological polar surface area (TPSA) is 66.4 Å². The molecule has 0 heterocycles. The second-order valence-corrected chi connectivity index (χ2v) is 5.49. The molecule has 6 heteroatoms. The van der Waals surface area contributed by atoms with E-state index in [4.69, 9.17) is 0 Å². The Morgan fingerprint density at radius 2 is 1.35 bits per heavy atom. The van der Waals surface area contributed by atoms with Crippen LogP contribution in [0.2, 0.25) is 0 Å². The van der Waals surface area contributed by atoms with Gasteiger partial charge in [0.2, 0.25) is 10.4 Å². The van der Waals surface area contributed by atoms with Crippen LogP contribution in [-0.4, -0.2) is 19.6 Å². The summed E-state index contributed by atoms with van der Waals surface area (Å²) in [6, 6.07) is 16.7. The van der Waals surface area contributed by atoms with Gasteiger partial charge in [0.1, 0.15) is 0 Å². The van der Waals surface area contributed by atoms with Crippen molar-refractivity contribution < 1.29 is 46.7 Å².